The van der Waals surface area contributed by atoms with Crippen molar-refractivity contribution in [1.82, 2.24) is 5.32 Å². The van der Waals surface area contributed by atoms with E-state index in [1.165, 1.54) is 12.1 Å². The Hall–Kier alpha value is -2.95. The summed E-state index contributed by atoms with van der Waals surface area (Å²) in [5, 5.41) is 11.7. The number of carbonyl (C=O) groups is 3. The second-order valence-corrected chi connectivity index (χ2v) is 5.43. The first-order chi connectivity index (χ1) is 11.6. The zero-order valence-corrected chi connectivity index (χ0v) is 13.2. The molecule has 24 heavy (non-hydrogen) atoms. The average Bonchev–Trinajstić information content (AvgIpc) is 2.61. The molecule has 0 saturated heterocycles. The maximum atomic E-state index is 11.9. The first-order valence-electron chi connectivity index (χ1n) is 7.73. The monoisotopic (exact) mass is 325 g/mol. The quantitative estimate of drug-likeness (QED) is 0.731. The molecule has 124 valence electrons. The van der Waals surface area contributed by atoms with E-state index in [1.54, 1.807) is 24.3 Å². The van der Waals surface area contributed by atoms with E-state index in [-0.39, 0.29) is 30.2 Å². The highest BCUT2D eigenvalue weighted by molar-refractivity contribution is 5.96. The van der Waals surface area contributed by atoms with Crippen LogP contribution in [0.3, 0.4) is 0 Å². The van der Waals surface area contributed by atoms with Crippen LogP contribution < -0.4 is 5.32 Å². The SMILES string of the molecule is O=C(CCCC(=O)c1ccccc1)NCc1cccc(C(=O)O)c1. The molecule has 0 spiro atoms. The molecule has 0 saturated carbocycles. The van der Waals surface area contributed by atoms with E-state index in [0.717, 1.165) is 5.56 Å². The fraction of sp³-hybridized carbons (Fsp3) is 0.211. The van der Waals surface area contributed by atoms with Gasteiger partial charge in [-0.25, -0.2) is 4.79 Å². The average molecular weight is 325 g/mol. The highest BCUT2D eigenvalue weighted by Gasteiger charge is 2.08. The molecule has 2 aromatic carbocycles. The first-order valence-corrected chi connectivity index (χ1v) is 7.73. The van der Waals surface area contributed by atoms with Gasteiger partial charge in [0.05, 0.1) is 5.56 Å². The van der Waals surface area contributed by atoms with Crippen LogP contribution in [0.5, 0.6) is 0 Å². The van der Waals surface area contributed by atoms with Gasteiger partial charge in [0.2, 0.25) is 5.91 Å². The predicted octanol–water partition coefficient (Wildman–Crippen LogP) is 3.05. The number of Topliss-reactive ketones (excluding diaryl/α,β-unsaturated/α-hetero) is 1. The number of rotatable bonds is 8. The molecule has 0 aliphatic carbocycles. The van der Waals surface area contributed by atoms with Gasteiger partial charge in [-0.2, -0.15) is 0 Å². The van der Waals surface area contributed by atoms with Crippen molar-refractivity contribution in [2.45, 2.75) is 25.8 Å². The Bertz CT molecular complexity index is 725. The number of carbonyl (C=O) groups excluding carboxylic acids is 2. The molecule has 0 fully saturated rings. The van der Waals surface area contributed by atoms with E-state index in [4.69, 9.17) is 5.11 Å². The van der Waals surface area contributed by atoms with Crippen molar-refractivity contribution in [2.24, 2.45) is 0 Å². The number of aromatic carboxylic acids is 1. The highest BCUT2D eigenvalue weighted by Crippen LogP contribution is 2.08. The summed E-state index contributed by atoms with van der Waals surface area (Å²) in [5.74, 6) is -1.13. The number of hydrogen-bond acceptors (Lipinski definition) is 3. The first kappa shape index (κ1) is 17.4. The lowest BCUT2D eigenvalue weighted by Crippen LogP contribution is -2.22. The number of nitrogens with one attached hydrogen (secondary N) is 1. The Labute approximate surface area is 140 Å². The summed E-state index contributed by atoms with van der Waals surface area (Å²) in [6.07, 6.45) is 1.07. The van der Waals surface area contributed by atoms with Crippen LogP contribution in [0.1, 0.15) is 45.5 Å². The van der Waals surface area contributed by atoms with Gasteiger partial charge < -0.3 is 10.4 Å². The molecule has 2 aromatic rings. The van der Waals surface area contributed by atoms with Crippen molar-refractivity contribution in [3.63, 3.8) is 0 Å². The fourth-order valence-electron chi connectivity index (χ4n) is 2.28. The number of hydrogen-bond donors (Lipinski definition) is 2. The minimum absolute atomic E-state index is 0.0255. The van der Waals surface area contributed by atoms with Gasteiger partial charge in [0.15, 0.2) is 5.78 Å². The molecule has 0 aromatic heterocycles. The van der Waals surface area contributed by atoms with Gasteiger partial charge >= 0.3 is 5.97 Å². The Morgan fingerprint density at radius 1 is 0.875 bits per heavy atom. The Balaban J connectivity index is 1.73. The maximum Gasteiger partial charge on any atom is 0.335 e. The molecule has 2 N–H and O–H groups in total. The second kappa shape index (κ2) is 8.62. The third kappa shape index (κ3) is 5.35. The Kier molecular flexibility index (Phi) is 6.25. The molecule has 1 amide bonds. The molecule has 0 unspecified atom stereocenters. The van der Waals surface area contributed by atoms with Crippen LogP contribution in [0.15, 0.2) is 54.6 Å². The van der Waals surface area contributed by atoms with Crippen LogP contribution in [0.4, 0.5) is 0 Å². The second-order valence-electron chi connectivity index (χ2n) is 5.43. The number of carboxylic acids is 1. The third-order valence-corrected chi connectivity index (χ3v) is 3.57. The predicted molar refractivity (Wildman–Crippen MR) is 89.9 cm³/mol. The van der Waals surface area contributed by atoms with Crippen molar-refractivity contribution < 1.29 is 19.5 Å². The zero-order valence-electron chi connectivity index (χ0n) is 13.2. The van der Waals surface area contributed by atoms with Crippen molar-refractivity contribution in [3.8, 4) is 0 Å². The zero-order chi connectivity index (χ0) is 17.4. The third-order valence-electron chi connectivity index (χ3n) is 3.57. The summed E-state index contributed by atoms with van der Waals surface area (Å²) >= 11 is 0. The number of ketones is 1. The summed E-state index contributed by atoms with van der Waals surface area (Å²) < 4.78 is 0. The Morgan fingerprint density at radius 3 is 2.29 bits per heavy atom. The van der Waals surface area contributed by atoms with Gasteiger partial charge in [0, 0.05) is 24.9 Å². The molecule has 0 heterocycles. The summed E-state index contributed by atoms with van der Waals surface area (Å²) in [7, 11) is 0. The number of amides is 1. The summed E-state index contributed by atoms with van der Waals surface area (Å²) in [6.45, 7) is 0.270. The Morgan fingerprint density at radius 2 is 1.58 bits per heavy atom. The summed E-state index contributed by atoms with van der Waals surface area (Å²) in [5.41, 5.74) is 1.57. The molecule has 0 bridgehead atoms. The van der Waals surface area contributed by atoms with Crippen LogP contribution in [0, 0.1) is 0 Å². The van der Waals surface area contributed by atoms with Crippen LogP contribution in [0.25, 0.3) is 0 Å². The van der Waals surface area contributed by atoms with Gasteiger partial charge in [0.1, 0.15) is 0 Å². The highest BCUT2D eigenvalue weighted by atomic mass is 16.4. The molecule has 2 rings (SSSR count). The van der Waals surface area contributed by atoms with Crippen LogP contribution in [0.2, 0.25) is 0 Å². The standard InChI is InChI=1S/C19H19NO4/c21-17(15-7-2-1-3-8-15)10-5-11-18(22)20-13-14-6-4-9-16(12-14)19(23)24/h1-4,6-9,12H,5,10-11,13H2,(H,20,22)(H,23,24). The van der Waals surface area contributed by atoms with E-state index in [0.29, 0.717) is 18.4 Å². The van der Waals surface area contributed by atoms with E-state index < -0.39 is 5.97 Å². The number of benzene rings is 2. The number of carboxylic acid groups (broad SMARTS) is 1. The van der Waals surface area contributed by atoms with Crippen molar-refractivity contribution in [2.75, 3.05) is 0 Å². The molecular weight excluding hydrogens is 306 g/mol. The minimum Gasteiger partial charge on any atom is -0.478 e. The minimum atomic E-state index is -0.998. The lowest BCUT2D eigenvalue weighted by atomic mass is 10.1. The maximum absolute atomic E-state index is 11.9. The summed E-state index contributed by atoms with van der Waals surface area (Å²) in [6, 6.07) is 15.4. The van der Waals surface area contributed by atoms with Crippen LogP contribution in [-0.2, 0) is 11.3 Å². The van der Waals surface area contributed by atoms with Crippen molar-refractivity contribution >= 4 is 17.7 Å². The molecular formula is C19H19NO4. The van der Waals surface area contributed by atoms with Gasteiger partial charge in [0.25, 0.3) is 0 Å². The van der Waals surface area contributed by atoms with Crippen molar-refractivity contribution in [1.29, 1.82) is 0 Å². The smallest absolute Gasteiger partial charge is 0.335 e. The lowest BCUT2D eigenvalue weighted by molar-refractivity contribution is -0.121. The van der Waals surface area contributed by atoms with E-state index >= 15 is 0 Å². The molecule has 0 aliphatic heterocycles. The van der Waals surface area contributed by atoms with Crippen molar-refractivity contribution in [3.05, 3.63) is 71.3 Å². The van der Waals surface area contributed by atoms with Crippen LogP contribution >= 0.6 is 0 Å². The summed E-state index contributed by atoms with van der Waals surface area (Å²) in [4.78, 5) is 34.6. The normalized spacial score (nSPS) is 10.2. The molecule has 5 nitrogen and oxygen atoms in total. The molecule has 0 aliphatic rings. The van der Waals surface area contributed by atoms with Crippen LogP contribution in [-0.4, -0.2) is 22.8 Å². The van der Waals surface area contributed by atoms with Gasteiger partial charge in [-0.05, 0) is 24.1 Å². The topological polar surface area (TPSA) is 83.5 Å². The van der Waals surface area contributed by atoms with Gasteiger partial charge in [-0.15, -0.1) is 0 Å². The lowest BCUT2D eigenvalue weighted by Gasteiger charge is -2.06. The molecule has 0 radical (unpaired) electrons. The van der Waals surface area contributed by atoms with E-state index in [2.05, 4.69) is 5.32 Å². The molecule has 0 atom stereocenters. The van der Waals surface area contributed by atoms with E-state index in [1.807, 2.05) is 18.2 Å². The largest absolute Gasteiger partial charge is 0.478 e. The molecule has 5 heteroatoms. The van der Waals surface area contributed by atoms with Gasteiger partial charge in [-0.3, -0.25) is 9.59 Å². The van der Waals surface area contributed by atoms with E-state index in [9.17, 15) is 14.4 Å². The van der Waals surface area contributed by atoms with Gasteiger partial charge in [-0.1, -0.05) is 42.5 Å². The fourth-order valence-corrected chi connectivity index (χ4v) is 2.28.